The fourth-order valence-corrected chi connectivity index (χ4v) is 5.59. The Balaban J connectivity index is 2.21. The molecule has 1 aliphatic carbocycles. The molecule has 1 aliphatic rings. The van der Waals surface area contributed by atoms with Crippen LogP contribution in [0.1, 0.15) is 26.7 Å². The van der Waals surface area contributed by atoms with Gasteiger partial charge in [-0.15, -0.1) is 0 Å². The summed E-state index contributed by atoms with van der Waals surface area (Å²) in [6, 6.07) is 4.02. The number of alkyl halides is 1. The second kappa shape index (κ2) is 5.74. The maximum absolute atomic E-state index is 6.20. The van der Waals surface area contributed by atoms with Gasteiger partial charge in [0.05, 0.1) is 8.95 Å². The van der Waals surface area contributed by atoms with Crippen molar-refractivity contribution in [3.8, 4) is 5.75 Å². The number of hydrogen-bond acceptors (Lipinski definition) is 1. The Hall–Kier alpha value is 0.940. The Morgan fingerprint density at radius 1 is 1.28 bits per heavy atom. The van der Waals surface area contributed by atoms with Crippen molar-refractivity contribution in [2.24, 2.45) is 5.41 Å². The van der Waals surface area contributed by atoms with Gasteiger partial charge in [0.25, 0.3) is 0 Å². The molecule has 3 unspecified atom stereocenters. The first-order valence-electron chi connectivity index (χ1n) is 5.83. The van der Waals surface area contributed by atoms with Crippen LogP contribution in [0.4, 0.5) is 0 Å². The van der Waals surface area contributed by atoms with Gasteiger partial charge in [0.1, 0.15) is 11.9 Å². The number of benzene rings is 1. The van der Waals surface area contributed by atoms with Gasteiger partial charge in [-0.25, -0.2) is 0 Å². The third-order valence-electron chi connectivity index (χ3n) is 3.86. The second-order valence-corrected chi connectivity index (χ2v) is 8.60. The highest BCUT2D eigenvalue weighted by Crippen LogP contribution is 2.51. The van der Waals surface area contributed by atoms with Gasteiger partial charge in [0.15, 0.2) is 0 Å². The molecule has 0 aromatic heterocycles. The van der Waals surface area contributed by atoms with E-state index >= 15 is 0 Å². The van der Waals surface area contributed by atoms with Crippen molar-refractivity contribution in [1.29, 1.82) is 0 Å². The maximum Gasteiger partial charge on any atom is 0.148 e. The van der Waals surface area contributed by atoms with Crippen molar-refractivity contribution >= 4 is 63.7 Å². The maximum atomic E-state index is 6.20. The quantitative estimate of drug-likeness (QED) is 0.438. The number of ether oxygens (including phenoxy) is 1. The highest BCUT2D eigenvalue weighted by Gasteiger charge is 2.51. The molecule has 0 saturated heterocycles. The van der Waals surface area contributed by atoms with E-state index in [1.807, 2.05) is 12.1 Å². The SMILES string of the molecule is CCC1(C)C(Br)CC1Oc1c(Br)cc(Br)cc1Br. The van der Waals surface area contributed by atoms with Gasteiger partial charge in [0.2, 0.25) is 0 Å². The summed E-state index contributed by atoms with van der Waals surface area (Å²) < 4.78 is 9.17. The molecule has 5 heteroatoms. The smallest absolute Gasteiger partial charge is 0.148 e. The van der Waals surface area contributed by atoms with Crippen LogP contribution in [-0.4, -0.2) is 10.9 Å². The molecular formula is C13H14Br4O. The van der Waals surface area contributed by atoms with Crippen LogP contribution in [0.25, 0.3) is 0 Å². The Morgan fingerprint density at radius 2 is 1.83 bits per heavy atom. The summed E-state index contributed by atoms with van der Waals surface area (Å²) in [4.78, 5) is 0.549. The average molecular weight is 506 g/mol. The van der Waals surface area contributed by atoms with E-state index < -0.39 is 0 Å². The predicted octanol–water partition coefficient (Wildman–Crippen LogP) is 6.31. The summed E-state index contributed by atoms with van der Waals surface area (Å²) in [5.41, 5.74) is 0.214. The lowest BCUT2D eigenvalue weighted by atomic mass is 9.65. The van der Waals surface area contributed by atoms with Crippen LogP contribution in [0.2, 0.25) is 0 Å². The van der Waals surface area contributed by atoms with Gasteiger partial charge in [0, 0.05) is 14.7 Å². The zero-order valence-corrected chi connectivity index (χ0v) is 16.5. The van der Waals surface area contributed by atoms with Gasteiger partial charge in [-0.3, -0.25) is 0 Å². The van der Waals surface area contributed by atoms with Crippen LogP contribution in [0.5, 0.6) is 5.75 Å². The van der Waals surface area contributed by atoms with Crippen molar-refractivity contribution < 1.29 is 4.74 Å². The third-order valence-corrected chi connectivity index (χ3v) is 6.91. The Morgan fingerprint density at radius 3 is 2.28 bits per heavy atom. The van der Waals surface area contributed by atoms with Crippen LogP contribution >= 0.6 is 63.7 Å². The number of halogens is 4. The van der Waals surface area contributed by atoms with Gasteiger partial charge in [-0.05, 0) is 56.8 Å². The lowest BCUT2D eigenvalue weighted by Crippen LogP contribution is -2.54. The van der Waals surface area contributed by atoms with E-state index in [0.29, 0.717) is 4.83 Å². The zero-order chi connectivity index (χ0) is 13.5. The van der Waals surface area contributed by atoms with Crippen LogP contribution in [0.3, 0.4) is 0 Å². The molecule has 100 valence electrons. The predicted molar refractivity (Wildman–Crippen MR) is 89.7 cm³/mol. The lowest BCUT2D eigenvalue weighted by molar-refractivity contribution is -0.0252. The molecule has 0 N–H and O–H groups in total. The topological polar surface area (TPSA) is 9.23 Å². The van der Waals surface area contributed by atoms with E-state index in [-0.39, 0.29) is 11.5 Å². The lowest BCUT2D eigenvalue weighted by Gasteiger charge is -2.50. The molecule has 0 amide bonds. The minimum atomic E-state index is 0.214. The van der Waals surface area contributed by atoms with Crippen LogP contribution in [0.15, 0.2) is 25.6 Å². The van der Waals surface area contributed by atoms with Crippen molar-refractivity contribution in [3.63, 3.8) is 0 Å². The first-order chi connectivity index (χ1) is 8.38. The van der Waals surface area contributed by atoms with Crippen molar-refractivity contribution in [2.45, 2.75) is 37.6 Å². The molecule has 1 saturated carbocycles. The molecule has 0 spiro atoms. The first kappa shape index (κ1) is 15.3. The minimum absolute atomic E-state index is 0.214. The van der Waals surface area contributed by atoms with Crippen LogP contribution < -0.4 is 4.74 Å². The summed E-state index contributed by atoms with van der Waals surface area (Å²) in [6.45, 7) is 4.50. The van der Waals surface area contributed by atoms with Crippen molar-refractivity contribution in [1.82, 2.24) is 0 Å². The molecule has 1 aromatic rings. The molecule has 3 atom stereocenters. The standard InChI is InChI=1S/C13H14Br4O/c1-3-13(2)10(17)6-11(13)18-12-8(15)4-7(14)5-9(12)16/h4-5,10-11H,3,6H2,1-2H3. The van der Waals surface area contributed by atoms with Gasteiger partial charge >= 0.3 is 0 Å². The van der Waals surface area contributed by atoms with E-state index in [4.69, 9.17) is 4.74 Å². The van der Waals surface area contributed by atoms with Crippen LogP contribution in [0, 0.1) is 5.41 Å². The summed E-state index contributed by atoms with van der Waals surface area (Å²) in [5, 5.41) is 0. The molecule has 1 nitrogen and oxygen atoms in total. The van der Waals surface area contributed by atoms with Crippen molar-refractivity contribution in [3.05, 3.63) is 25.6 Å². The average Bonchev–Trinajstić information content (AvgIpc) is 2.30. The van der Waals surface area contributed by atoms with E-state index in [2.05, 4.69) is 77.6 Å². The van der Waals surface area contributed by atoms with E-state index in [9.17, 15) is 0 Å². The molecule has 0 aliphatic heterocycles. The normalized spacial score (nSPS) is 31.0. The zero-order valence-electron chi connectivity index (χ0n) is 10.1. The molecule has 1 aromatic carbocycles. The molecule has 2 rings (SSSR count). The summed E-state index contributed by atoms with van der Waals surface area (Å²) in [6.07, 6.45) is 2.43. The summed E-state index contributed by atoms with van der Waals surface area (Å²) in [7, 11) is 0. The Kier molecular flexibility index (Phi) is 4.89. The highest BCUT2D eigenvalue weighted by molar-refractivity contribution is 9.11. The summed E-state index contributed by atoms with van der Waals surface area (Å²) >= 11 is 14.3. The van der Waals surface area contributed by atoms with E-state index in [0.717, 1.165) is 32.0 Å². The Bertz CT molecular complexity index is 439. The van der Waals surface area contributed by atoms with Gasteiger partial charge in [-0.1, -0.05) is 45.7 Å². The first-order valence-corrected chi connectivity index (χ1v) is 9.13. The molecule has 0 radical (unpaired) electrons. The van der Waals surface area contributed by atoms with Crippen molar-refractivity contribution in [2.75, 3.05) is 0 Å². The van der Waals surface area contributed by atoms with Crippen LogP contribution in [-0.2, 0) is 0 Å². The van der Waals surface area contributed by atoms with E-state index in [1.165, 1.54) is 0 Å². The third kappa shape index (κ3) is 2.70. The van der Waals surface area contributed by atoms with Gasteiger partial charge in [-0.2, -0.15) is 0 Å². The molecule has 1 fully saturated rings. The highest BCUT2D eigenvalue weighted by atomic mass is 79.9. The molecule has 0 heterocycles. The minimum Gasteiger partial charge on any atom is -0.487 e. The summed E-state index contributed by atoms with van der Waals surface area (Å²) in [5.74, 6) is 0.891. The van der Waals surface area contributed by atoms with Gasteiger partial charge < -0.3 is 4.74 Å². The molecule has 0 bridgehead atoms. The largest absolute Gasteiger partial charge is 0.487 e. The second-order valence-electron chi connectivity index (χ2n) is 4.87. The fourth-order valence-electron chi connectivity index (χ4n) is 2.18. The number of rotatable bonds is 3. The monoisotopic (exact) mass is 502 g/mol. The van der Waals surface area contributed by atoms with E-state index in [1.54, 1.807) is 0 Å². The Labute approximate surface area is 142 Å². The fraction of sp³-hybridized carbons (Fsp3) is 0.538. The molecule has 18 heavy (non-hydrogen) atoms. The number of hydrogen-bond donors (Lipinski definition) is 0. The molecular weight excluding hydrogens is 492 g/mol.